The fourth-order valence-corrected chi connectivity index (χ4v) is 2.63. The third-order valence-electron chi connectivity index (χ3n) is 4.22. The van der Waals surface area contributed by atoms with Crippen LogP contribution in [-0.4, -0.2) is 49.4 Å². The SMILES string of the molecule is NCC(=O)N[C@@H](Cc1ccccc1)C(=O)NCC(=O)NCC(=O)OCc1ccccc1. The molecule has 0 aliphatic heterocycles. The Morgan fingerprint density at radius 3 is 2.03 bits per heavy atom. The van der Waals surface area contributed by atoms with E-state index < -0.39 is 29.7 Å². The number of carbonyl (C=O) groups excluding carboxylic acids is 4. The van der Waals surface area contributed by atoms with Gasteiger partial charge in [0, 0.05) is 6.42 Å². The van der Waals surface area contributed by atoms with Crippen molar-refractivity contribution in [2.75, 3.05) is 19.6 Å². The maximum Gasteiger partial charge on any atom is 0.325 e. The predicted octanol–water partition coefficient (Wildman–Crippen LogP) is -0.352. The molecule has 3 amide bonds. The number of rotatable bonds is 11. The molecule has 0 radical (unpaired) electrons. The van der Waals surface area contributed by atoms with Gasteiger partial charge in [-0.25, -0.2) is 0 Å². The lowest BCUT2D eigenvalue weighted by molar-refractivity contribution is -0.145. The molecule has 9 heteroatoms. The summed E-state index contributed by atoms with van der Waals surface area (Å²) in [4.78, 5) is 47.8. The number of hydrogen-bond acceptors (Lipinski definition) is 6. The Kier molecular flexibility index (Phi) is 9.70. The normalized spacial score (nSPS) is 11.1. The highest BCUT2D eigenvalue weighted by molar-refractivity contribution is 5.91. The van der Waals surface area contributed by atoms with Crippen LogP contribution in [0.5, 0.6) is 0 Å². The molecule has 0 heterocycles. The standard InChI is InChI=1S/C22H26N4O5/c23-12-19(27)26-18(11-16-7-3-1-4-8-16)22(30)25-13-20(28)24-14-21(29)31-15-17-9-5-2-6-10-17/h1-10,18H,11-15,23H2,(H,24,28)(H,25,30)(H,26,27)/t18-/m0/s1. The molecule has 0 aromatic heterocycles. The first-order valence-corrected chi connectivity index (χ1v) is 9.75. The van der Waals surface area contributed by atoms with Crippen LogP contribution in [0.3, 0.4) is 0 Å². The zero-order valence-corrected chi connectivity index (χ0v) is 17.0. The van der Waals surface area contributed by atoms with E-state index in [4.69, 9.17) is 10.5 Å². The fraction of sp³-hybridized carbons (Fsp3) is 0.273. The van der Waals surface area contributed by atoms with E-state index in [1.54, 1.807) is 0 Å². The molecule has 1 atom stereocenters. The summed E-state index contributed by atoms with van der Waals surface area (Å²) in [5.74, 6) is -2.18. The molecule has 31 heavy (non-hydrogen) atoms. The maximum atomic E-state index is 12.5. The highest BCUT2D eigenvalue weighted by Crippen LogP contribution is 2.04. The van der Waals surface area contributed by atoms with Crippen LogP contribution < -0.4 is 21.7 Å². The van der Waals surface area contributed by atoms with Crippen LogP contribution in [0.1, 0.15) is 11.1 Å². The summed E-state index contributed by atoms with van der Waals surface area (Å²) in [5, 5.41) is 7.37. The smallest absolute Gasteiger partial charge is 0.325 e. The molecular weight excluding hydrogens is 400 g/mol. The van der Waals surface area contributed by atoms with Gasteiger partial charge < -0.3 is 26.4 Å². The third-order valence-corrected chi connectivity index (χ3v) is 4.22. The molecular formula is C22H26N4O5. The Balaban J connectivity index is 1.76. The van der Waals surface area contributed by atoms with Gasteiger partial charge >= 0.3 is 5.97 Å². The Morgan fingerprint density at radius 1 is 0.806 bits per heavy atom. The Morgan fingerprint density at radius 2 is 1.42 bits per heavy atom. The summed E-state index contributed by atoms with van der Waals surface area (Å²) < 4.78 is 5.06. The minimum Gasteiger partial charge on any atom is -0.460 e. The van der Waals surface area contributed by atoms with E-state index in [1.807, 2.05) is 60.7 Å². The van der Waals surface area contributed by atoms with E-state index in [9.17, 15) is 19.2 Å². The third kappa shape index (κ3) is 9.09. The highest BCUT2D eigenvalue weighted by Gasteiger charge is 2.21. The number of carbonyl (C=O) groups is 4. The van der Waals surface area contributed by atoms with Crippen molar-refractivity contribution in [1.82, 2.24) is 16.0 Å². The molecule has 0 saturated carbocycles. The van der Waals surface area contributed by atoms with Gasteiger partial charge in [0.25, 0.3) is 0 Å². The second kappa shape index (κ2) is 12.8. The highest BCUT2D eigenvalue weighted by atomic mass is 16.5. The van der Waals surface area contributed by atoms with Crippen LogP contribution in [0.25, 0.3) is 0 Å². The molecule has 5 N–H and O–H groups in total. The lowest BCUT2D eigenvalue weighted by Gasteiger charge is -2.18. The van der Waals surface area contributed by atoms with Gasteiger partial charge in [0.15, 0.2) is 0 Å². The molecule has 164 valence electrons. The quantitative estimate of drug-likeness (QED) is 0.362. The molecule has 0 spiro atoms. The first-order valence-electron chi connectivity index (χ1n) is 9.75. The molecule has 0 aliphatic rings. The van der Waals surface area contributed by atoms with E-state index >= 15 is 0 Å². The Labute approximate surface area is 180 Å². The summed E-state index contributed by atoms with van der Waals surface area (Å²) >= 11 is 0. The fourth-order valence-electron chi connectivity index (χ4n) is 2.63. The van der Waals surface area contributed by atoms with Crippen LogP contribution in [0, 0.1) is 0 Å². The van der Waals surface area contributed by atoms with Crippen molar-refractivity contribution < 1.29 is 23.9 Å². The van der Waals surface area contributed by atoms with Gasteiger partial charge in [-0.2, -0.15) is 0 Å². The molecule has 2 aromatic rings. The topological polar surface area (TPSA) is 140 Å². The number of ether oxygens (including phenoxy) is 1. The lowest BCUT2D eigenvalue weighted by atomic mass is 10.1. The van der Waals surface area contributed by atoms with Crippen LogP contribution in [0.15, 0.2) is 60.7 Å². The first kappa shape index (κ1) is 23.6. The lowest BCUT2D eigenvalue weighted by Crippen LogP contribution is -2.51. The van der Waals surface area contributed by atoms with Crippen molar-refractivity contribution in [3.8, 4) is 0 Å². The summed E-state index contributed by atoms with van der Waals surface area (Å²) in [6.45, 7) is -0.827. The van der Waals surface area contributed by atoms with E-state index in [-0.39, 0.29) is 32.7 Å². The summed E-state index contributed by atoms with van der Waals surface area (Å²) in [5.41, 5.74) is 6.98. The summed E-state index contributed by atoms with van der Waals surface area (Å²) in [6, 6.07) is 17.4. The second-order valence-corrected chi connectivity index (χ2v) is 6.65. The number of nitrogens with one attached hydrogen (secondary N) is 3. The van der Waals surface area contributed by atoms with Gasteiger partial charge in [0.05, 0.1) is 13.1 Å². The second-order valence-electron chi connectivity index (χ2n) is 6.65. The first-order chi connectivity index (χ1) is 15.0. The Hall–Kier alpha value is -3.72. The van der Waals surface area contributed by atoms with Gasteiger partial charge in [0.1, 0.15) is 19.2 Å². The van der Waals surface area contributed by atoms with Crippen molar-refractivity contribution in [3.63, 3.8) is 0 Å². The van der Waals surface area contributed by atoms with Gasteiger partial charge in [-0.3, -0.25) is 19.2 Å². The number of esters is 1. The zero-order chi connectivity index (χ0) is 22.5. The molecule has 0 aliphatic carbocycles. The van der Waals surface area contributed by atoms with Crippen molar-refractivity contribution in [2.45, 2.75) is 19.1 Å². The number of benzene rings is 2. The van der Waals surface area contributed by atoms with Gasteiger partial charge in [-0.15, -0.1) is 0 Å². The van der Waals surface area contributed by atoms with Crippen LogP contribution in [0.2, 0.25) is 0 Å². The van der Waals surface area contributed by atoms with Gasteiger partial charge in [0.2, 0.25) is 17.7 Å². The van der Waals surface area contributed by atoms with E-state index in [2.05, 4.69) is 16.0 Å². The molecule has 9 nitrogen and oxygen atoms in total. The summed E-state index contributed by atoms with van der Waals surface area (Å²) in [7, 11) is 0. The molecule has 0 fully saturated rings. The average molecular weight is 426 g/mol. The average Bonchev–Trinajstić information content (AvgIpc) is 2.80. The molecule has 2 rings (SSSR count). The van der Waals surface area contributed by atoms with Crippen molar-refractivity contribution >= 4 is 23.7 Å². The maximum absolute atomic E-state index is 12.5. The van der Waals surface area contributed by atoms with E-state index in [0.717, 1.165) is 11.1 Å². The van der Waals surface area contributed by atoms with Crippen molar-refractivity contribution in [1.29, 1.82) is 0 Å². The van der Waals surface area contributed by atoms with Crippen molar-refractivity contribution in [2.24, 2.45) is 5.73 Å². The van der Waals surface area contributed by atoms with Gasteiger partial charge in [-0.1, -0.05) is 60.7 Å². The monoisotopic (exact) mass is 426 g/mol. The molecule has 0 unspecified atom stereocenters. The largest absolute Gasteiger partial charge is 0.460 e. The zero-order valence-electron chi connectivity index (χ0n) is 17.0. The number of hydrogen-bond donors (Lipinski definition) is 4. The Bertz CT molecular complexity index is 874. The van der Waals surface area contributed by atoms with Crippen LogP contribution in [0.4, 0.5) is 0 Å². The molecule has 0 saturated heterocycles. The number of nitrogens with two attached hydrogens (primary N) is 1. The van der Waals surface area contributed by atoms with Crippen molar-refractivity contribution in [3.05, 3.63) is 71.8 Å². The summed E-state index contributed by atoms with van der Waals surface area (Å²) in [6.07, 6.45) is 0.242. The predicted molar refractivity (Wildman–Crippen MR) is 113 cm³/mol. The van der Waals surface area contributed by atoms with Crippen LogP contribution in [-0.2, 0) is 36.9 Å². The van der Waals surface area contributed by atoms with Crippen LogP contribution >= 0.6 is 0 Å². The number of amides is 3. The molecule has 0 bridgehead atoms. The van der Waals surface area contributed by atoms with E-state index in [0.29, 0.717) is 0 Å². The minimum absolute atomic E-state index is 0.105. The van der Waals surface area contributed by atoms with E-state index in [1.165, 1.54) is 0 Å². The minimum atomic E-state index is -0.887. The van der Waals surface area contributed by atoms with Gasteiger partial charge in [-0.05, 0) is 11.1 Å². The molecule has 2 aromatic carbocycles.